The van der Waals surface area contributed by atoms with Crippen LogP contribution in [0.25, 0.3) is 10.2 Å². The number of piperazine rings is 1. The van der Waals surface area contributed by atoms with Crippen LogP contribution in [0.3, 0.4) is 0 Å². The molecule has 1 fully saturated rings. The van der Waals surface area contributed by atoms with E-state index in [9.17, 15) is 0 Å². The van der Waals surface area contributed by atoms with Crippen LogP contribution in [0.1, 0.15) is 31.9 Å². The number of hydrogen-bond donors (Lipinski definition) is 0. The highest BCUT2D eigenvalue weighted by Gasteiger charge is 2.20. The molecule has 0 unspecified atom stereocenters. The SMILES string of the molecule is CC(C)(C)c1ccc(CN2CCN(c3nc4ccccc4s3)CC2)cc1. The smallest absolute Gasteiger partial charge is 0.186 e. The van der Waals surface area contributed by atoms with Crippen LogP contribution in [0.2, 0.25) is 0 Å². The summed E-state index contributed by atoms with van der Waals surface area (Å²) in [6.07, 6.45) is 0. The zero-order valence-electron chi connectivity index (χ0n) is 15.9. The lowest BCUT2D eigenvalue weighted by molar-refractivity contribution is 0.250. The topological polar surface area (TPSA) is 19.4 Å². The van der Waals surface area contributed by atoms with Gasteiger partial charge >= 0.3 is 0 Å². The number of fused-ring (bicyclic) bond motifs is 1. The molecule has 1 aliphatic rings. The number of rotatable bonds is 3. The molecule has 2 heterocycles. The molecule has 0 amide bonds. The van der Waals surface area contributed by atoms with Crippen LogP contribution in [-0.4, -0.2) is 36.1 Å². The van der Waals surface area contributed by atoms with Crippen molar-refractivity contribution in [2.24, 2.45) is 0 Å². The minimum atomic E-state index is 0.224. The van der Waals surface area contributed by atoms with Gasteiger partial charge in [-0.3, -0.25) is 4.90 Å². The van der Waals surface area contributed by atoms with E-state index in [1.54, 1.807) is 0 Å². The summed E-state index contributed by atoms with van der Waals surface area (Å²) in [4.78, 5) is 9.79. The van der Waals surface area contributed by atoms with E-state index in [1.807, 2.05) is 11.3 Å². The molecule has 26 heavy (non-hydrogen) atoms. The lowest BCUT2D eigenvalue weighted by Gasteiger charge is -2.34. The lowest BCUT2D eigenvalue weighted by atomic mass is 9.87. The van der Waals surface area contributed by atoms with Gasteiger partial charge in [0.05, 0.1) is 10.2 Å². The van der Waals surface area contributed by atoms with Crippen molar-refractivity contribution < 1.29 is 0 Å². The highest BCUT2D eigenvalue weighted by atomic mass is 32.1. The van der Waals surface area contributed by atoms with Crippen LogP contribution in [0.4, 0.5) is 5.13 Å². The van der Waals surface area contributed by atoms with Crippen molar-refractivity contribution in [2.45, 2.75) is 32.7 Å². The molecular formula is C22H27N3S. The number of anilines is 1. The maximum absolute atomic E-state index is 4.80. The van der Waals surface area contributed by atoms with Gasteiger partial charge in [-0.05, 0) is 28.7 Å². The molecule has 1 aromatic heterocycles. The number of thiazole rings is 1. The van der Waals surface area contributed by atoms with E-state index in [-0.39, 0.29) is 5.41 Å². The van der Waals surface area contributed by atoms with Gasteiger partial charge in [-0.2, -0.15) is 0 Å². The Morgan fingerprint density at radius 3 is 2.27 bits per heavy atom. The molecule has 0 aliphatic carbocycles. The summed E-state index contributed by atoms with van der Waals surface area (Å²) in [7, 11) is 0. The van der Waals surface area contributed by atoms with E-state index in [1.165, 1.54) is 21.0 Å². The Kier molecular flexibility index (Phi) is 4.72. The molecule has 4 heteroatoms. The van der Waals surface area contributed by atoms with Crippen LogP contribution in [0, 0.1) is 0 Å². The fourth-order valence-electron chi connectivity index (χ4n) is 3.46. The quantitative estimate of drug-likeness (QED) is 0.657. The van der Waals surface area contributed by atoms with Crippen LogP contribution in [-0.2, 0) is 12.0 Å². The molecule has 1 aliphatic heterocycles. The third-order valence-electron chi connectivity index (χ3n) is 5.15. The number of benzene rings is 2. The van der Waals surface area contributed by atoms with Crippen molar-refractivity contribution in [1.29, 1.82) is 0 Å². The van der Waals surface area contributed by atoms with Gasteiger partial charge in [0.15, 0.2) is 5.13 Å². The molecule has 0 radical (unpaired) electrons. The first-order chi connectivity index (χ1) is 12.5. The van der Waals surface area contributed by atoms with Crippen LogP contribution < -0.4 is 4.90 Å². The Hall–Kier alpha value is -1.91. The van der Waals surface area contributed by atoms with Crippen molar-refractivity contribution in [3.05, 3.63) is 59.7 Å². The predicted octanol–water partition coefficient (Wildman–Crippen LogP) is 4.92. The Morgan fingerprint density at radius 1 is 0.923 bits per heavy atom. The van der Waals surface area contributed by atoms with Gasteiger partial charge in [-0.15, -0.1) is 0 Å². The van der Waals surface area contributed by atoms with Gasteiger partial charge < -0.3 is 4.90 Å². The molecular weight excluding hydrogens is 338 g/mol. The minimum Gasteiger partial charge on any atom is -0.345 e. The zero-order valence-corrected chi connectivity index (χ0v) is 16.7. The molecule has 4 rings (SSSR count). The first-order valence-electron chi connectivity index (χ1n) is 9.41. The average Bonchev–Trinajstić information content (AvgIpc) is 3.06. The summed E-state index contributed by atoms with van der Waals surface area (Å²) in [6, 6.07) is 17.6. The van der Waals surface area contributed by atoms with Gasteiger partial charge in [-0.25, -0.2) is 4.98 Å². The molecule has 0 N–H and O–H groups in total. The summed E-state index contributed by atoms with van der Waals surface area (Å²) in [5, 5.41) is 1.17. The van der Waals surface area contributed by atoms with Crippen molar-refractivity contribution in [2.75, 3.05) is 31.1 Å². The van der Waals surface area contributed by atoms with E-state index in [2.05, 4.69) is 79.1 Å². The molecule has 3 nitrogen and oxygen atoms in total. The van der Waals surface area contributed by atoms with E-state index in [4.69, 9.17) is 4.98 Å². The second-order valence-electron chi connectivity index (χ2n) is 8.17. The third kappa shape index (κ3) is 3.76. The normalized spacial score (nSPS) is 16.3. The van der Waals surface area contributed by atoms with Gasteiger partial charge in [0.2, 0.25) is 0 Å². The molecule has 0 saturated carbocycles. The summed E-state index contributed by atoms with van der Waals surface area (Å²) in [5.74, 6) is 0. The van der Waals surface area contributed by atoms with Gasteiger partial charge in [-0.1, -0.05) is 68.5 Å². The first kappa shape index (κ1) is 17.5. The molecule has 1 saturated heterocycles. The van der Waals surface area contributed by atoms with Crippen molar-refractivity contribution >= 4 is 26.7 Å². The Balaban J connectivity index is 1.36. The Morgan fingerprint density at radius 2 is 1.62 bits per heavy atom. The molecule has 0 bridgehead atoms. The van der Waals surface area contributed by atoms with Crippen molar-refractivity contribution in [3.8, 4) is 0 Å². The van der Waals surface area contributed by atoms with Crippen LogP contribution in [0.5, 0.6) is 0 Å². The highest BCUT2D eigenvalue weighted by molar-refractivity contribution is 7.22. The standard InChI is InChI=1S/C22H27N3S/c1-22(2,3)18-10-8-17(9-11-18)16-24-12-14-25(15-13-24)21-23-19-6-4-5-7-20(19)26-21/h4-11H,12-16H2,1-3H3. The number of hydrogen-bond acceptors (Lipinski definition) is 4. The van der Waals surface area contributed by atoms with Gasteiger partial charge in [0, 0.05) is 32.7 Å². The lowest BCUT2D eigenvalue weighted by Crippen LogP contribution is -2.45. The van der Waals surface area contributed by atoms with E-state index in [0.717, 1.165) is 38.2 Å². The molecule has 136 valence electrons. The summed E-state index contributed by atoms with van der Waals surface area (Å²) in [5.41, 5.74) is 4.16. The maximum atomic E-state index is 4.80. The Labute approximate surface area is 160 Å². The van der Waals surface area contributed by atoms with E-state index >= 15 is 0 Å². The summed E-state index contributed by atoms with van der Waals surface area (Å²) < 4.78 is 1.28. The van der Waals surface area contributed by atoms with Gasteiger partial charge in [0.25, 0.3) is 0 Å². The third-order valence-corrected chi connectivity index (χ3v) is 6.25. The molecule has 0 atom stereocenters. The predicted molar refractivity (Wildman–Crippen MR) is 112 cm³/mol. The number of nitrogens with zero attached hydrogens (tertiary/aromatic N) is 3. The average molecular weight is 366 g/mol. The first-order valence-corrected chi connectivity index (χ1v) is 10.2. The Bertz CT molecular complexity index is 835. The molecule has 3 aromatic rings. The van der Waals surface area contributed by atoms with Crippen LogP contribution >= 0.6 is 11.3 Å². The van der Waals surface area contributed by atoms with Crippen molar-refractivity contribution in [3.63, 3.8) is 0 Å². The number of aromatic nitrogens is 1. The largest absolute Gasteiger partial charge is 0.345 e. The zero-order chi connectivity index (χ0) is 18.1. The molecule has 2 aromatic carbocycles. The second kappa shape index (κ2) is 7.01. The minimum absolute atomic E-state index is 0.224. The van der Waals surface area contributed by atoms with Crippen LogP contribution in [0.15, 0.2) is 48.5 Å². The maximum Gasteiger partial charge on any atom is 0.186 e. The van der Waals surface area contributed by atoms with E-state index < -0.39 is 0 Å². The monoisotopic (exact) mass is 365 g/mol. The summed E-state index contributed by atoms with van der Waals surface area (Å²) in [6.45, 7) is 12.1. The fourth-order valence-corrected chi connectivity index (χ4v) is 4.48. The van der Waals surface area contributed by atoms with E-state index in [0.29, 0.717) is 0 Å². The summed E-state index contributed by atoms with van der Waals surface area (Å²) >= 11 is 1.81. The number of para-hydroxylation sites is 1. The molecule has 0 spiro atoms. The van der Waals surface area contributed by atoms with Crippen molar-refractivity contribution in [1.82, 2.24) is 9.88 Å². The fraction of sp³-hybridized carbons (Fsp3) is 0.409. The highest BCUT2D eigenvalue weighted by Crippen LogP contribution is 2.29. The van der Waals surface area contributed by atoms with Gasteiger partial charge in [0.1, 0.15) is 0 Å². The second-order valence-corrected chi connectivity index (χ2v) is 9.18.